The maximum atomic E-state index is 13.0. The van der Waals surface area contributed by atoms with Crippen molar-refractivity contribution in [3.8, 4) is 5.75 Å². The molecule has 1 N–H and O–H groups in total. The zero-order chi connectivity index (χ0) is 24.9. The second-order valence-electron chi connectivity index (χ2n) is 8.83. The largest absolute Gasteiger partial charge is 0.495 e. The Kier molecular flexibility index (Phi) is 8.19. The number of esters is 1. The van der Waals surface area contributed by atoms with Crippen molar-refractivity contribution in [1.82, 2.24) is 4.90 Å². The number of aryl methyl sites for hydroxylation is 1. The van der Waals surface area contributed by atoms with Crippen molar-refractivity contribution in [3.63, 3.8) is 0 Å². The summed E-state index contributed by atoms with van der Waals surface area (Å²) in [5.74, 6) is -0.319. The monoisotopic (exact) mass is 488 g/mol. The summed E-state index contributed by atoms with van der Waals surface area (Å²) < 4.78 is 38.9. The number of carbonyl (C=O) groups is 2. The number of ether oxygens (including phenoxy) is 2. The molecule has 0 atom stereocenters. The predicted molar refractivity (Wildman–Crippen MR) is 129 cm³/mol. The van der Waals surface area contributed by atoms with E-state index in [0.29, 0.717) is 11.6 Å². The van der Waals surface area contributed by atoms with Gasteiger partial charge in [0, 0.05) is 18.8 Å². The number of nitrogens with one attached hydrogen (secondary N) is 1. The topological polar surface area (TPSA) is 102 Å². The molecule has 0 bridgehead atoms. The van der Waals surface area contributed by atoms with E-state index in [9.17, 15) is 18.0 Å². The van der Waals surface area contributed by atoms with Crippen LogP contribution >= 0.6 is 0 Å². The summed E-state index contributed by atoms with van der Waals surface area (Å²) in [6.07, 6.45) is 4.01. The van der Waals surface area contributed by atoms with E-state index in [2.05, 4.69) is 11.6 Å². The Balaban J connectivity index is 1.69. The molecule has 0 aliphatic heterocycles. The Morgan fingerprint density at radius 2 is 1.71 bits per heavy atom. The summed E-state index contributed by atoms with van der Waals surface area (Å²) in [5, 5.41) is 0. The molecule has 0 heterocycles. The van der Waals surface area contributed by atoms with Crippen LogP contribution in [0.3, 0.4) is 0 Å². The van der Waals surface area contributed by atoms with Crippen LogP contribution in [-0.2, 0) is 19.6 Å². The SMILES string of the molecule is COc1ccc(C(=O)OCC(=O)N(C)C2CCC(C)CC2)cc1S(=O)(=O)Nc1ccc(C)cc1. The third-order valence-electron chi connectivity index (χ3n) is 6.25. The van der Waals surface area contributed by atoms with Crippen molar-refractivity contribution in [1.29, 1.82) is 0 Å². The van der Waals surface area contributed by atoms with Gasteiger partial charge in [0.2, 0.25) is 0 Å². The predicted octanol–water partition coefficient (Wildman–Crippen LogP) is 4.00. The van der Waals surface area contributed by atoms with Gasteiger partial charge in [-0.25, -0.2) is 13.2 Å². The molecule has 1 aliphatic carbocycles. The van der Waals surface area contributed by atoms with Gasteiger partial charge >= 0.3 is 5.97 Å². The number of methoxy groups -OCH3 is 1. The number of sulfonamides is 1. The maximum Gasteiger partial charge on any atom is 0.338 e. The highest BCUT2D eigenvalue weighted by Crippen LogP contribution is 2.28. The normalized spacial score (nSPS) is 18.1. The average Bonchev–Trinajstić information content (AvgIpc) is 2.83. The Hall–Kier alpha value is -3.07. The van der Waals surface area contributed by atoms with Crippen molar-refractivity contribution >= 4 is 27.6 Å². The minimum atomic E-state index is -4.05. The van der Waals surface area contributed by atoms with Crippen LogP contribution in [0.1, 0.15) is 48.5 Å². The molecule has 1 amide bonds. The molecule has 0 saturated heterocycles. The van der Waals surface area contributed by atoms with Gasteiger partial charge in [-0.15, -0.1) is 0 Å². The van der Waals surface area contributed by atoms with Gasteiger partial charge in [0.05, 0.1) is 12.7 Å². The average molecular weight is 489 g/mol. The number of hydrogen-bond acceptors (Lipinski definition) is 6. The number of hydrogen-bond donors (Lipinski definition) is 1. The van der Waals surface area contributed by atoms with Crippen LogP contribution in [0.2, 0.25) is 0 Å². The third kappa shape index (κ3) is 6.28. The van der Waals surface area contributed by atoms with Crippen LogP contribution in [-0.4, -0.2) is 52.0 Å². The lowest BCUT2D eigenvalue weighted by Crippen LogP contribution is -2.41. The summed E-state index contributed by atoms with van der Waals surface area (Å²) >= 11 is 0. The molecule has 34 heavy (non-hydrogen) atoms. The second kappa shape index (κ2) is 10.9. The molecule has 3 rings (SSSR count). The summed E-state index contributed by atoms with van der Waals surface area (Å²) in [6, 6.07) is 11.0. The Morgan fingerprint density at radius 3 is 2.32 bits per heavy atom. The molecule has 8 nitrogen and oxygen atoms in total. The third-order valence-corrected chi connectivity index (χ3v) is 7.65. The Morgan fingerprint density at radius 1 is 1.06 bits per heavy atom. The van der Waals surface area contributed by atoms with Gasteiger partial charge in [-0.05, 0) is 68.9 Å². The van der Waals surface area contributed by atoms with Crippen molar-refractivity contribution < 1.29 is 27.5 Å². The quantitative estimate of drug-likeness (QED) is 0.564. The molecule has 1 saturated carbocycles. The van der Waals surface area contributed by atoms with E-state index in [1.807, 2.05) is 6.92 Å². The van der Waals surface area contributed by atoms with E-state index in [1.165, 1.54) is 25.3 Å². The van der Waals surface area contributed by atoms with E-state index >= 15 is 0 Å². The standard InChI is InChI=1S/C25H32N2O6S/c1-17-5-10-20(11-6-17)26-34(30,31)23-15-19(9-14-22(23)32-4)25(29)33-16-24(28)27(3)21-12-7-18(2)8-13-21/h5-6,9-11,14-15,18,21,26H,7-8,12-13,16H2,1-4H3. The zero-order valence-electron chi connectivity index (χ0n) is 20.0. The smallest absolute Gasteiger partial charge is 0.338 e. The number of nitrogens with zero attached hydrogens (tertiary/aromatic N) is 1. The number of amides is 1. The molecule has 184 valence electrons. The molecular weight excluding hydrogens is 456 g/mol. The van der Waals surface area contributed by atoms with Gasteiger partial charge in [-0.2, -0.15) is 0 Å². The number of anilines is 1. The molecule has 0 aromatic heterocycles. The van der Waals surface area contributed by atoms with Gasteiger partial charge in [-0.1, -0.05) is 24.6 Å². The van der Waals surface area contributed by atoms with E-state index in [-0.39, 0.29) is 28.2 Å². The fourth-order valence-corrected chi connectivity index (χ4v) is 5.25. The van der Waals surface area contributed by atoms with E-state index in [1.54, 1.807) is 36.2 Å². The van der Waals surface area contributed by atoms with Crippen LogP contribution in [0.25, 0.3) is 0 Å². The van der Waals surface area contributed by atoms with Crippen LogP contribution in [0.15, 0.2) is 47.4 Å². The molecule has 0 unspecified atom stereocenters. The fourth-order valence-electron chi connectivity index (χ4n) is 3.99. The zero-order valence-corrected chi connectivity index (χ0v) is 20.9. The fraction of sp³-hybridized carbons (Fsp3) is 0.440. The van der Waals surface area contributed by atoms with Crippen LogP contribution in [0, 0.1) is 12.8 Å². The van der Waals surface area contributed by atoms with E-state index in [0.717, 1.165) is 31.2 Å². The van der Waals surface area contributed by atoms with E-state index < -0.39 is 22.6 Å². The summed E-state index contributed by atoms with van der Waals surface area (Å²) in [6.45, 7) is 3.70. The minimum absolute atomic E-state index is 0.00650. The highest BCUT2D eigenvalue weighted by Gasteiger charge is 2.26. The first-order valence-electron chi connectivity index (χ1n) is 11.3. The van der Waals surface area contributed by atoms with E-state index in [4.69, 9.17) is 9.47 Å². The molecule has 9 heteroatoms. The lowest BCUT2D eigenvalue weighted by molar-refractivity contribution is -0.136. The number of benzene rings is 2. The van der Waals surface area contributed by atoms with Gasteiger partial charge < -0.3 is 14.4 Å². The molecule has 1 aliphatic rings. The first-order valence-corrected chi connectivity index (χ1v) is 12.8. The lowest BCUT2D eigenvalue weighted by Gasteiger charge is -2.33. The summed E-state index contributed by atoms with van der Waals surface area (Å²) in [7, 11) is -0.973. The lowest BCUT2D eigenvalue weighted by atomic mass is 9.87. The summed E-state index contributed by atoms with van der Waals surface area (Å²) in [5.41, 5.74) is 1.38. The highest BCUT2D eigenvalue weighted by molar-refractivity contribution is 7.92. The van der Waals surface area contributed by atoms with Gasteiger partial charge in [0.15, 0.2) is 6.61 Å². The van der Waals surface area contributed by atoms with Crippen molar-refractivity contribution in [2.75, 3.05) is 25.5 Å². The van der Waals surface area contributed by atoms with Crippen molar-refractivity contribution in [3.05, 3.63) is 53.6 Å². The summed E-state index contributed by atoms with van der Waals surface area (Å²) in [4.78, 5) is 26.6. The highest BCUT2D eigenvalue weighted by atomic mass is 32.2. The van der Waals surface area contributed by atoms with Gasteiger partial charge in [0.1, 0.15) is 10.6 Å². The maximum absolute atomic E-state index is 13.0. The molecule has 0 spiro atoms. The van der Waals surface area contributed by atoms with Crippen molar-refractivity contribution in [2.24, 2.45) is 5.92 Å². The molecule has 0 radical (unpaired) electrons. The van der Waals surface area contributed by atoms with Crippen molar-refractivity contribution in [2.45, 2.75) is 50.5 Å². The Labute approximate surface area is 201 Å². The number of carbonyl (C=O) groups excluding carboxylic acids is 2. The van der Waals surface area contributed by atoms with Crippen LogP contribution in [0.4, 0.5) is 5.69 Å². The number of rotatable bonds is 8. The van der Waals surface area contributed by atoms with Crippen LogP contribution < -0.4 is 9.46 Å². The molecule has 2 aromatic carbocycles. The van der Waals surface area contributed by atoms with Gasteiger partial charge in [-0.3, -0.25) is 9.52 Å². The Bertz CT molecular complexity index is 1120. The first-order chi connectivity index (χ1) is 16.1. The first kappa shape index (κ1) is 25.6. The number of likely N-dealkylation sites (N-methyl/N-ethyl adjacent to an activating group) is 1. The van der Waals surface area contributed by atoms with Gasteiger partial charge in [0.25, 0.3) is 15.9 Å². The van der Waals surface area contributed by atoms with Crippen LogP contribution in [0.5, 0.6) is 5.75 Å². The molecule has 2 aromatic rings. The second-order valence-corrected chi connectivity index (χ2v) is 10.5. The minimum Gasteiger partial charge on any atom is -0.495 e. The molecule has 1 fully saturated rings. The molecular formula is C25H32N2O6S.